The highest BCUT2D eigenvalue weighted by Crippen LogP contribution is 2.36. The van der Waals surface area contributed by atoms with Crippen molar-refractivity contribution in [2.75, 3.05) is 26.7 Å². The minimum absolute atomic E-state index is 0.0472. The molecule has 38 heavy (non-hydrogen) atoms. The van der Waals surface area contributed by atoms with Crippen molar-refractivity contribution in [3.8, 4) is 22.5 Å². The normalized spacial score (nSPS) is 20.1. The van der Waals surface area contributed by atoms with Crippen molar-refractivity contribution in [1.82, 2.24) is 30.0 Å². The fourth-order valence-corrected chi connectivity index (χ4v) is 6.59. The Morgan fingerprint density at radius 1 is 1.05 bits per heavy atom. The van der Waals surface area contributed by atoms with E-state index in [1.54, 1.807) is 0 Å². The number of nitrogens with one attached hydrogen (secondary N) is 1. The zero-order valence-corrected chi connectivity index (χ0v) is 22.2. The first-order chi connectivity index (χ1) is 18.6. The Labute approximate surface area is 223 Å². The van der Waals surface area contributed by atoms with Gasteiger partial charge in [-0.3, -0.25) is 19.8 Å². The molecule has 0 radical (unpaired) electrons. The molecule has 2 saturated heterocycles. The summed E-state index contributed by atoms with van der Waals surface area (Å²) in [4.78, 5) is 27.1. The number of hydrogen-bond acceptors (Lipinski definition) is 5. The van der Waals surface area contributed by atoms with Gasteiger partial charge >= 0.3 is 0 Å². The summed E-state index contributed by atoms with van der Waals surface area (Å²) in [5, 5.41) is 7.81. The molecule has 4 aromatic rings. The molecular formula is C31H34N6O. The number of H-pyrrole nitrogens is 1. The quantitative estimate of drug-likeness (QED) is 0.426. The van der Waals surface area contributed by atoms with Gasteiger partial charge in [0.1, 0.15) is 11.2 Å². The van der Waals surface area contributed by atoms with E-state index in [-0.39, 0.29) is 11.9 Å². The van der Waals surface area contributed by atoms with Crippen LogP contribution in [0.2, 0.25) is 0 Å². The van der Waals surface area contributed by atoms with Crippen LogP contribution in [0.25, 0.3) is 33.5 Å². The Kier molecular flexibility index (Phi) is 5.77. The van der Waals surface area contributed by atoms with Crippen molar-refractivity contribution in [1.29, 1.82) is 0 Å². The number of benzene rings is 1. The molecule has 1 atom stereocenters. The van der Waals surface area contributed by atoms with Crippen molar-refractivity contribution in [2.45, 2.75) is 57.4 Å². The molecule has 7 nitrogen and oxygen atoms in total. The molecule has 2 aliphatic heterocycles. The van der Waals surface area contributed by atoms with Gasteiger partial charge in [0.25, 0.3) is 0 Å². The summed E-state index contributed by atoms with van der Waals surface area (Å²) in [7, 11) is 2.07. The molecule has 3 aliphatic rings. The molecule has 1 amide bonds. The fraction of sp³-hybridized carbons (Fsp3) is 0.419. The Bertz CT molecular complexity index is 1520. The predicted molar refractivity (Wildman–Crippen MR) is 149 cm³/mol. The maximum absolute atomic E-state index is 13.0. The SMILES string of the molecule is Cc1cc2[nH]nc(-c3ccc(C4CN(C(=O)[C@@H]5CCCCN5C)C4)nc3)c2nc1-c1cccc2c1CCC2. The summed E-state index contributed by atoms with van der Waals surface area (Å²) in [5.74, 6) is 0.578. The third-order valence-corrected chi connectivity index (χ3v) is 8.85. The van der Waals surface area contributed by atoms with E-state index < -0.39 is 0 Å². The summed E-state index contributed by atoms with van der Waals surface area (Å²) in [5.41, 5.74) is 11.0. The maximum Gasteiger partial charge on any atom is 0.239 e. The monoisotopic (exact) mass is 506 g/mol. The van der Waals surface area contributed by atoms with Gasteiger partial charge in [-0.15, -0.1) is 0 Å². The third kappa shape index (κ3) is 3.91. The first kappa shape index (κ1) is 23.5. The molecular weight excluding hydrogens is 472 g/mol. The average Bonchev–Trinajstić information content (AvgIpc) is 3.55. The number of carbonyl (C=O) groups excluding carboxylic acids is 1. The molecule has 7 rings (SSSR count). The smallest absolute Gasteiger partial charge is 0.239 e. The number of pyridine rings is 2. The number of likely N-dealkylation sites (tertiary alicyclic amines) is 2. The van der Waals surface area contributed by atoms with Gasteiger partial charge in [0.2, 0.25) is 5.91 Å². The molecule has 0 bridgehead atoms. The van der Waals surface area contributed by atoms with E-state index in [2.05, 4.69) is 65.5 Å². The van der Waals surface area contributed by atoms with Gasteiger partial charge < -0.3 is 4.90 Å². The van der Waals surface area contributed by atoms with Crippen LogP contribution in [-0.2, 0) is 17.6 Å². The largest absolute Gasteiger partial charge is 0.340 e. The highest BCUT2D eigenvalue weighted by molar-refractivity contribution is 5.92. The third-order valence-electron chi connectivity index (χ3n) is 8.85. The van der Waals surface area contributed by atoms with Crippen LogP contribution in [0.15, 0.2) is 42.6 Å². The van der Waals surface area contributed by atoms with Crippen LogP contribution < -0.4 is 0 Å². The lowest BCUT2D eigenvalue weighted by molar-refractivity contribution is -0.142. The molecule has 3 aromatic heterocycles. The van der Waals surface area contributed by atoms with Crippen molar-refractivity contribution in [3.63, 3.8) is 0 Å². The van der Waals surface area contributed by atoms with E-state index in [9.17, 15) is 4.79 Å². The zero-order valence-electron chi connectivity index (χ0n) is 22.2. The summed E-state index contributed by atoms with van der Waals surface area (Å²) in [6, 6.07) is 13.0. The number of nitrogens with zero attached hydrogens (tertiary/aromatic N) is 5. The minimum atomic E-state index is 0.0472. The summed E-state index contributed by atoms with van der Waals surface area (Å²) in [6.07, 6.45) is 8.71. The second kappa shape index (κ2) is 9.31. The van der Waals surface area contributed by atoms with E-state index >= 15 is 0 Å². The maximum atomic E-state index is 13.0. The van der Waals surface area contributed by atoms with E-state index in [4.69, 9.17) is 9.97 Å². The molecule has 5 heterocycles. The molecule has 194 valence electrons. The first-order valence-electron chi connectivity index (χ1n) is 14.0. The molecule has 2 fully saturated rings. The number of carbonyl (C=O) groups is 1. The van der Waals surface area contributed by atoms with Crippen LogP contribution in [0.3, 0.4) is 0 Å². The van der Waals surface area contributed by atoms with Crippen LogP contribution in [0, 0.1) is 6.92 Å². The number of hydrogen-bond donors (Lipinski definition) is 1. The van der Waals surface area contributed by atoms with Crippen LogP contribution in [0.1, 0.15) is 54.0 Å². The summed E-state index contributed by atoms with van der Waals surface area (Å²) >= 11 is 0. The molecule has 7 heteroatoms. The fourth-order valence-electron chi connectivity index (χ4n) is 6.59. The van der Waals surface area contributed by atoms with E-state index in [0.717, 1.165) is 84.6 Å². The lowest BCUT2D eigenvalue weighted by Crippen LogP contribution is -2.56. The van der Waals surface area contributed by atoms with Gasteiger partial charge in [0.05, 0.1) is 17.3 Å². The molecule has 0 unspecified atom stereocenters. The van der Waals surface area contributed by atoms with Gasteiger partial charge in [-0.2, -0.15) is 5.10 Å². The van der Waals surface area contributed by atoms with Crippen molar-refractivity contribution >= 4 is 16.9 Å². The average molecular weight is 507 g/mol. The second-order valence-corrected chi connectivity index (χ2v) is 11.3. The Morgan fingerprint density at radius 3 is 2.76 bits per heavy atom. The van der Waals surface area contributed by atoms with Gasteiger partial charge in [-0.05, 0) is 87.5 Å². The van der Waals surface area contributed by atoms with E-state index in [1.807, 2.05) is 11.1 Å². The number of piperidine rings is 1. The molecule has 1 aliphatic carbocycles. The van der Waals surface area contributed by atoms with Gasteiger partial charge in [0, 0.05) is 42.0 Å². The van der Waals surface area contributed by atoms with Crippen LogP contribution in [-0.4, -0.2) is 68.6 Å². The van der Waals surface area contributed by atoms with Gasteiger partial charge in [-0.1, -0.05) is 24.6 Å². The molecule has 1 N–H and O–H groups in total. The highest BCUT2D eigenvalue weighted by atomic mass is 16.2. The molecule has 1 aromatic carbocycles. The zero-order chi connectivity index (χ0) is 25.8. The predicted octanol–water partition coefficient (Wildman–Crippen LogP) is 4.89. The van der Waals surface area contributed by atoms with Crippen molar-refractivity contribution in [3.05, 3.63) is 65.0 Å². The second-order valence-electron chi connectivity index (χ2n) is 11.3. The van der Waals surface area contributed by atoms with Gasteiger partial charge in [0.15, 0.2) is 0 Å². The first-order valence-corrected chi connectivity index (χ1v) is 14.0. The minimum Gasteiger partial charge on any atom is -0.340 e. The molecule has 0 spiro atoms. The summed E-state index contributed by atoms with van der Waals surface area (Å²) in [6.45, 7) is 4.66. The number of aryl methyl sites for hydroxylation is 2. The highest BCUT2D eigenvalue weighted by Gasteiger charge is 2.37. The van der Waals surface area contributed by atoms with Crippen molar-refractivity contribution in [2.24, 2.45) is 0 Å². The van der Waals surface area contributed by atoms with Crippen LogP contribution in [0.5, 0.6) is 0 Å². The van der Waals surface area contributed by atoms with Crippen LogP contribution in [0.4, 0.5) is 0 Å². The number of rotatable bonds is 4. The number of amides is 1. The Morgan fingerprint density at radius 2 is 1.95 bits per heavy atom. The van der Waals surface area contributed by atoms with E-state index in [1.165, 1.54) is 29.5 Å². The molecule has 0 saturated carbocycles. The number of fused-ring (bicyclic) bond motifs is 2. The summed E-state index contributed by atoms with van der Waals surface area (Å²) < 4.78 is 0. The van der Waals surface area contributed by atoms with Crippen molar-refractivity contribution < 1.29 is 4.79 Å². The lowest BCUT2D eigenvalue weighted by Gasteiger charge is -2.43. The van der Waals surface area contributed by atoms with Gasteiger partial charge in [-0.25, -0.2) is 4.98 Å². The Balaban J connectivity index is 1.12. The number of aromatic amines is 1. The Hall–Kier alpha value is -3.58. The number of aromatic nitrogens is 4. The number of likely N-dealkylation sites (N-methyl/N-ethyl adjacent to an activating group) is 1. The van der Waals surface area contributed by atoms with E-state index in [0.29, 0.717) is 5.92 Å². The van der Waals surface area contributed by atoms with Crippen LogP contribution >= 0.6 is 0 Å². The standard InChI is InChI=1S/C31H34N6O/c1-19-15-26-30(33-28(19)24-10-6-8-20-7-5-9-23(20)24)29(35-34-26)21-12-13-25(32-16-21)22-17-37(18-22)31(38)27-11-3-4-14-36(27)2/h6,8,10,12-13,15-16,22,27H,3-5,7,9,11,14,17-18H2,1-2H3,(H,34,35)/t27-/m0/s1. The topological polar surface area (TPSA) is 78.0 Å². The lowest BCUT2D eigenvalue weighted by atomic mass is 9.92.